The van der Waals surface area contributed by atoms with Gasteiger partial charge in [0.25, 0.3) is 11.8 Å². The van der Waals surface area contributed by atoms with E-state index in [1.807, 2.05) is 6.07 Å². The number of nitrogens with zero attached hydrogens (tertiary/aromatic N) is 4. The number of amides is 2. The Labute approximate surface area is 209 Å². The SMILES string of the molecule is CC1(S(=O)(=O)C2(CN3CCc4c(C(=O)NCc5ccc(C#N)cc5)nn(CCO)c4C3=O)CC2)CC1. The summed E-state index contributed by atoms with van der Waals surface area (Å²) in [5.41, 5.74) is 2.23. The molecule has 2 saturated carbocycles. The van der Waals surface area contributed by atoms with E-state index in [0.29, 0.717) is 49.8 Å². The predicted molar refractivity (Wildman–Crippen MR) is 130 cm³/mol. The molecule has 0 radical (unpaired) electrons. The molecule has 2 amide bonds. The monoisotopic (exact) mass is 511 g/mol. The molecule has 2 aromatic rings. The Kier molecular flexibility index (Phi) is 5.92. The highest BCUT2D eigenvalue weighted by Crippen LogP contribution is 2.56. The quantitative estimate of drug-likeness (QED) is 0.514. The average Bonchev–Trinajstić information content (AvgIpc) is 3.79. The number of carbonyl (C=O) groups excluding carboxylic acids is 2. The van der Waals surface area contributed by atoms with Crippen molar-refractivity contribution in [2.45, 2.75) is 61.6 Å². The number of sulfone groups is 1. The Balaban J connectivity index is 1.35. The number of aliphatic hydroxyl groups is 1. The summed E-state index contributed by atoms with van der Waals surface area (Å²) >= 11 is 0. The minimum atomic E-state index is -3.36. The molecule has 190 valence electrons. The third kappa shape index (κ3) is 3.98. The maximum absolute atomic E-state index is 13.5. The number of nitriles is 1. The van der Waals surface area contributed by atoms with Crippen molar-refractivity contribution < 1.29 is 23.1 Å². The first-order chi connectivity index (χ1) is 17.1. The van der Waals surface area contributed by atoms with Gasteiger partial charge in [0.1, 0.15) is 5.69 Å². The van der Waals surface area contributed by atoms with Crippen molar-refractivity contribution in [1.29, 1.82) is 5.26 Å². The number of benzene rings is 1. The second kappa shape index (κ2) is 8.71. The lowest BCUT2D eigenvalue weighted by Crippen LogP contribution is -2.48. The molecule has 1 aromatic heterocycles. The lowest BCUT2D eigenvalue weighted by Gasteiger charge is -2.32. The van der Waals surface area contributed by atoms with E-state index < -0.39 is 25.2 Å². The summed E-state index contributed by atoms with van der Waals surface area (Å²) in [5, 5.41) is 25.6. The number of hydrogen-bond acceptors (Lipinski definition) is 7. The first kappa shape index (κ1) is 24.5. The molecule has 3 aliphatic rings. The van der Waals surface area contributed by atoms with Crippen LogP contribution < -0.4 is 5.32 Å². The van der Waals surface area contributed by atoms with E-state index in [4.69, 9.17) is 5.26 Å². The van der Waals surface area contributed by atoms with Crippen LogP contribution in [0.4, 0.5) is 0 Å². The molecule has 2 heterocycles. The molecule has 0 atom stereocenters. The second-order valence-corrected chi connectivity index (χ2v) is 13.1. The van der Waals surface area contributed by atoms with Gasteiger partial charge < -0.3 is 15.3 Å². The van der Waals surface area contributed by atoms with Crippen LogP contribution in [0.3, 0.4) is 0 Å². The third-order valence-corrected chi connectivity index (χ3v) is 11.1. The van der Waals surface area contributed by atoms with Crippen LogP contribution in [-0.2, 0) is 29.3 Å². The normalized spacial score (nSPS) is 19.4. The lowest BCUT2D eigenvalue weighted by molar-refractivity contribution is 0.0721. The summed E-state index contributed by atoms with van der Waals surface area (Å²) in [7, 11) is -3.36. The van der Waals surface area contributed by atoms with Crippen molar-refractivity contribution >= 4 is 21.7 Å². The summed E-state index contributed by atoms with van der Waals surface area (Å²) in [6, 6.07) is 8.90. The Morgan fingerprint density at radius 1 is 1.22 bits per heavy atom. The third-order valence-electron chi connectivity index (χ3n) is 7.69. The number of rotatable bonds is 9. The summed E-state index contributed by atoms with van der Waals surface area (Å²) in [6.07, 6.45) is 2.82. The van der Waals surface area contributed by atoms with E-state index in [9.17, 15) is 23.1 Å². The van der Waals surface area contributed by atoms with Gasteiger partial charge in [0.05, 0.1) is 34.3 Å². The maximum atomic E-state index is 13.5. The largest absolute Gasteiger partial charge is 0.394 e. The summed E-state index contributed by atoms with van der Waals surface area (Å²) < 4.78 is 26.3. The molecule has 2 fully saturated rings. The van der Waals surface area contributed by atoms with Gasteiger partial charge in [-0.2, -0.15) is 10.4 Å². The topological polar surface area (TPSA) is 145 Å². The zero-order chi connectivity index (χ0) is 25.7. The van der Waals surface area contributed by atoms with Crippen molar-refractivity contribution in [3.63, 3.8) is 0 Å². The first-order valence-electron chi connectivity index (χ1n) is 12.2. The highest BCUT2D eigenvalue weighted by atomic mass is 32.2. The van der Waals surface area contributed by atoms with E-state index in [2.05, 4.69) is 10.4 Å². The van der Waals surface area contributed by atoms with E-state index in [1.165, 1.54) is 4.68 Å². The Morgan fingerprint density at radius 2 is 1.92 bits per heavy atom. The Bertz CT molecular complexity index is 1360. The Morgan fingerprint density at radius 3 is 2.50 bits per heavy atom. The number of nitrogens with one attached hydrogen (secondary N) is 1. The van der Waals surface area contributed by atoms with Crippen molar-refractivity contribution in [2.24, 2.45) is 0 Å². The molecule has 1 aromatic carbocycles. The van der Waals surface area contributed by atoms with Gasteiger partial charge in [-0.3, -0.25) is 14.3 Å². The van der Waals surface area contributed by atoms with Crippen LogP contribution in [0.25, 0.3) is 0 Å². The number of aromatic nitrogens is 2. The van der Waals surface area contributed by atoms with Gasteiger partial charge in [0.15, 0.2) is 15.5 Å². The predicted octanol–water partition coefficient (Wildman–Crippen LogP) is 1.18. The van der Waals surface area contributed by atoms with Crippen LogP contribution in [0.1, 0.15) is 70.3 Å². The zero-order valence-corrected chi connectivity index (χ0v) is 21.0. The molecule has 10 nitrogen and oxygen atoms in total. The highest BCUT2D eigenvalue weighted by Gasteiger charge is 2.65. The molecule has 2 aliphatic carbocycles. The maximum Gasteiger partial charge on any atom is 0.272 e. The lowest BCUT2D eigenvalue weighted by atomic mass is 10.0. The zero-order valence-electron chi connectivity index (χ0n) is 20.2. The first-order valence-corrected chi connectivity index (χ1v) is 13.6. The Hall–Kier alpha value is -3.23. The number of aliphatic hydroxyl groups excluding tert-OH is 1. The molecular formula is C25H29N5O5S. The fraction of sp³-hybridized carbons (Fsp3) is 0.520. The molecular weight excluding hydrogens is 482 g/mol. The van der Waals surface area contributed by atoms with Gasteiger partial charge in [0.2, 0.25) is 0 Å². The minimum absolute atomic E-state index is 0.0479. The van der Waals surface area contributed by atoms with Crippen molar-refractivity contribution in [1.82, 2.24) is 20.0 Å². The molecule has 0 unspecified atom stereocenters. The molecule has 1 aliphatic heterocycles. The van der Waals surface area contributed by atoms with E-state index in [0.717, 1.165) is 5.56 Å². The van der Waals surface area contributed by atoms with Gasteiger partial charge in [-0.05, 0) is 56.7 Å². The molecule has 11 heteroatoms. The van der Waals surface area contributed by atoms with Crippen LogP contribution in [0.5, 0.6) is 0 Å². The molecule has 2 N–H and O–H groups in total. The van der Waals surface area contributed by atoms with Crippen molar-refractivity contribution in [3.8, 4) is 6.07 Å². The highest BCUT2D eigenvalue weighted by molar-refractivity contribution is 7.94. The molecule has 36 heavy (non-hydrogen) atoms. The molecule has 0 saturated heterocycles. The number of carbonyl (C=O) groups is 2. The standard InChI is InChI=1S/C25H29N5O5S/c1-24(7-8-24)36(34,35)25(9-10-25)16-29-11-6-19-20(28-30(12-13-31)21(19)23(29)33)22(32)27-15-18-4-2-17(14-26)3-5-18/h2-5,31H,6-13,15-16H2,1H3,(H,27,32). The van der Waals surface area contributed by atoms with Gasteiger partial charge in [0, 0.05) is 25.2 Å². The van der Waals surface area contributed by atoms with Crippen LogP contribution in [0.15, 0.2) is 24.3 Å². The van der Waals surface area contributed by atoms with E-state index in [1.54, 1.807) is 36.1 Å². The van der Waals surface area contributed by atoms with Crippen LogP contribution in [0, 0.1) is 11.3 Å². The smallest absolute Gasteiger partial charge is 0.272 e. The van der Waals surface area contributed by atoms with Gasteiger partial charge in [-0.15, -0.1) is 0 Å². The summed E-state index contributed by atoms with van der Waals surface area (Å²) in [4.78, 5) is 28.1. The number of fused-ring (bicyclic) bond motifs is 1. The molecule has 5 rings (SSSR count). The minimum Gasteiger partial charge on any atom is -0.394 e. The van der Waals surface area contributed by atoms with Crippen molar-refractivity contribution in [3.05, 3.63) is 52.3 Å². The molecule has 0 spiro atoms. The van der Waals surface area contributed by atoms with Gasteiger partial charge in [-0.25, -0.2) is 8.42 Å². The fourth-order valence-corrected chi connectivity index (χ4v) is 7.64. The summed E-state index contributed by atoms with van der Waals surface area (Å²) in [6.45, 7) is 2.26. The number of hydrogen-bond donors (Lipinski definition) is 2. The van der Waals surface area contributed by atoms with Crippen LogP contribution in [0.2, 0.25) is 0 Å². The fourth-order valence-electron chi connectivity index (χ4n) is 4.99. The van der Waals surface area contributed by atoms with Crippen LogP contribution in [-0.4, -0.2) is 69.2 Å². The summed E-state index contributed by atoms with van der Waals surface area (Å²) in [5.74, 6) is -0.790. The van der Waals surface area contributed by atoms with Gasteiger partial charge in [-0.1, -0.05) is 12.1 Å². The second-order valence-electron chi connectivity index (χ2n) is 10.2. The van der Waals surface area contributed by atoms with Gasteiger partial charge >= 0.3 is 0 Å². The average molecular weight is 512 g/mol. The van der Waals surface area contributed by atoms with Crippen LogP contribution >= 0.6 is 0 Å². The molecule has 0 bridgehead atoms. The van der Waals surface area contributed by atoms with E-state index >= 15 is 0 Å². The van der Waals surface area contributed by atoms with E-state index in [-0.39, 0.29) is 43.5 Å². The van der Waals surface area contributed by atoms with Crippen molar-refractivity contribution in [2.75, 3.05) is 19.7 Å².